The third-order valence-corrected chi connectivity index (χ3v) is 2.61. The van der Waals surface area contributed by atoms with E-state index < -0.39 is 0 Å². The van der Waals surface area contributed by atoms with Crippen molar-refractivity contribution in [3.05, 3.63) is 54.1 Å². The van der Waals surface area contributed by atoms with Gasteiger partial charge in [0.05, 0.1) is 11.3 Å². The van der Waals surface area contributed by atoms with Crippen molar-refractivity contribution in [1.82, 2.24) is 15.3 Å². The summed E-state index contributed by atoms with van der Waals surface area (Å²) in [6.45, 7) is 3.19. The molecule has 0 saturated carbocycles. The Morgan fingerprint density at radius 1 is 1.21 bits per heavy atom. The second kappa shape index (κ2) is 6.49. The maximum absolute atomic E-state index is 12.1. The molecule has 2 aromatic heterocycles. The number of carbonyl (C=O) groups excluding carboxylic acids is 1. The fourth-order valence-electron chi connectivity index (χ4n) is 1.70. The molecule has 0 spiro atoms. The standard InChI is InChI=1S/C14H16N4O/c1-2-17-13-5-7-16-10-12(13)14(19)18-9-11-4-3-6-15-8-11/h3-8,10H,2,9H2,1H3,(H,16,17)(H,18,19). The molecular weight excluding hydrogens is 240 g/mol. The SMILES string of the molecule is CCNc1ccncc1C(=O)NCc1cccnc1. The molecule has 0 bridgehead atoms. The van der Waals surface area contributed by atoms with E-state index >= 15 is 0 Å². The third-order valence-electron chi connectivity index (χ3n) is 2.61. The first kappa shape index (κ1) is 13.0. The van der Waals surface area contributed by atoms with Crippen LogP contribution in [0.15, 0.2) is 43.0 Å². The zero-order valence-electron chi connectivity index (χ0n) is 10.8. The van der Waals surface area contributed by atoms with Gasteiger partial charge in [0.1, 0.15) is 0 Å². The van der Waals surface area contributed by atoms with Crippen LogP contribution in [-0.2, 0) is 6.54 Å². The number of pyridine rings is 2. The summed E-state index contributed by atoms with van der Waals surface area (Å²) in [6, 6.07) is 5.56. The molecule has 0 aliphatic carbocycles. The van der Waals surface area contributed by atoms with E-state index in [4.69, 9.17) is 0 Å². The lowest BCUT2D eigenvalue weighted by molar-refractivity contribution is 0.0951. The van der Waals surface area contributed by atoms with Crippen LogP contribution in [0.3, 0.4) is 0 Å². The van der Waals surface area contributed by atoms with Gasteiger partial charge in [0.2, 0.25) is 0 Å². The van der Waals surface area contributed by atoms with Gasteiger partial charge in [-0.2, -0.15) is 0 Å². The normalized spacial score (nSPS) is 9.95. The average molecular weight is 256 g/mol. The maximum atomic E-state index is 12.1. The van der Waals surface area contributed by atoms with Crippen LogP contribution in [0.5, 0.6) is 0 Å². The summed E-state index contributed by atoms with van der Waals surface area (Å²) in [5.74, 6) is -0.145. The lowest BCUT2D eigenvalue weighted by atomic mass is 10.2. The Bertz CT molecular complexity index is 542. The van der Waals surface area contributed by atoms with Crippen molar-refractivity contribution in [2.24, 2.45) is 0 Å². The van der Waals surface area contributed by atoms with Crippen LogP contribution < -0.4 is 10.6 Å². The first-order chi connectivity index (χ1) is 9.31. The second-order valence-electron chi connectivity index (χ2n) is 4.00. The lowest BCUT2D eigenvalue weighted by Gasteiger charge is -2.10. The molecule has 0 unspecified atom stereocenters. The van der Waals surface area contributed by atoms with E-state index in [1.165, 1.54) is 0 Å². The summed E-state index contributed by atoms with van der Waals surface area (Å²) in [7, 11) is 0. The Morgan fingerprint density at radius 2 is 2.05 bits per heavy atom. The van der Waals surface area contributed by atoms with Gasteiger partial charge < -0.3 is 10.6 Å². The minimum absolute atomic E-state index is 0.145. The summed E-state index contributed by atoms with van der Waals surface area (Å²) in [5, 5.41) is 6.00. The Morgan fingerprint density at radius 3 is 2.79 bits per heavy atom. The van der Waals surface area contributed by atoms with Crippen molar-refractivity contribution in [2.75, 3.05) is 11.9 Å². The highest BCUT2D eigenvalue weighted by Gasteiger charge is 2.10. The number of aromatic nitrogens is 2. The minimum Gasteiger partial charge on any atom is -0.385 e. The van der Waals surface area contributed by atoms with Gasteiger partial charge in [-0.3, -0.25) is 14.8 Å². The molecule has 98 valence electrons. The maximum Gasteiger partial charge on any atom is 0.255 e. The highest BCUT2D eigenvalue weighted by molar-refractivity contribution is 5.99. The fraction of sp³-hybridized carbons (Fsp3) is 0.214. The van der Waals surface area contributed by atoms with Crippen LogP contribution in [0, 0.1) is 0 Å². The van der Waals surface area contributed by atoms with Crippen LogP contribution in [-0.4, -0.2) is 22.4 Å². The van der Waals surface area contributed by atoms with Crippen molar-refractivity contribution in [2.45, 2.75) is 13.5 Å². The highest BCUT2D eigenvalue weighted by Crippen LogP contribution is 2.13. The average Bonchev–Trinajstić information content (AvgIpc) is 2.47. The van der Waals surface area contributed by atoms with Gasteiger partial charge in [0.15, 0.2) is 0 Å². The van der Waals surface area contributed by atoms with E-state index in [-0.39, 0.29) is 5.91 Å². The number of hydrogen-bond donors (Lipinski definition) is 2. The Labute approximate surface area is 112 Å². The molecule has 5 heteroatoms. The molecule has 0 fully saturated rings. The van der Waals surface area contributed by atoms with Crippen LogP contribution in [0.25, 0.3) is 0 Å². The minimum atomic E-state index is -0.145. The number of amides is 1. The van der Waals surface area contributed by atoms with E-state index in [1.54, 1.807) is 30.9 Å². The largest absolute Gasteiger partial charge is 0.385 e. The van der Waals surface area contributed by atoms with Crippen molar-refractivity contribution >= 4 is 11.6 Å². The van der Waals surface area contributed by atoms with E-state index in [9.17, 15) is 4.79 Å². The summed E-state index contributed by atoms with van der Waals surface area (Å²) in [4.78, 5) is 20.1. The van der Waals surface area contributed by atoms with Gasteiger partial charge in [0, 0.05) is 37.9 Å². The molecule has 2 N–H and O–H groups in total. The molecule has 0 saturated heterocycles. The van der Waals surface area contributed by atoms with Gasteiger partial charge in [-0.1, -0.05) is 6.07 Å². The van der Waals surface area contributed by atoms with Gasteiger partial charge in [-0.25, -0.2) is 0 Å². The predicted octanol–water partition coefficient (Wildman–Crippen LogP) is 1.84. The van der Waals surface area contributed by atoms with Gasteiger partial charge >= 0.3 is 0 Å². The monoisotopic (exact) mass is 256 g/mol. The quantitative estimate of drug-likeness (QED) is 0.856. The van der Waals surface area contributed by atoms with E-state index in [0.29, 0.717) is 12.1 Å². The lowest BCUT2D eigenvalue weighted by Crippen LogP contribution is -2.24. The van der Waals surface area contributed by atoms with Crippen molar-refractivity contribution < 1.29 is 4.79 Å². The smallest absolute Gasteiger partial charge is 0.255 e. The van der Waals surface area contributed by atoms with Gasteiger partial charge in [-0.15, -0.1) is 0 Å². The second-order valence-corrected chi connectivity index (χ2v) is 4.00. The number of rotatable bonds is 5. The predicted molar refractivity (Wildman–Crippen MR) is 73.8 cm³/mol. The number of hydrogen-bond acceptors (Lipinski definition) is 4. The first-order valence-corrected chi connectivity index (χ1v) is 6.16. The third kappa shape index (κ3) is 3.51. The zero-order chi connectivity index (χ0) is 13.5. The molecule has 2 heterocycles. The molecule has 5 nitrogen and oxygen atoms in total. The number of carbonyl (C=O) groups is 1. The fourth-order valence-corrected chi connectivity index (χ4v) is 1.70. The van der Waals surface area contributed by atoms with Gasteiger partial charge in [-0.05, 0) is 24.6 Å². The summed E-state index contributed by atoms with van der Waals surface area (Å²) in [6.07, 6.45) is 6.66. The van der Waals surface area contributed by atoms with Crippen molar-refractivity contribution in [3.8, 4) is 0 Å². The molecule has 2 rings (SSSR count). The molecule has 0 atom stereocenters. The topological polar surface area (TPSA) is 66.9 Å². The Balaban J connectivity index is 2.04. The summed E-state index contributed by atoms with van der Waals surface area (Å²) < 4.78 is 0. The number of nitrogens with one attached hydrogen (secondary N) is 2. The number of anilines is 1. The Hall–Kier alpha value is -2.43. The molecule has 1 amide bonds. The molecule has 19 heavy (non-hydrogen) atoms. The van der Waals surface area contributed by atoms with E-state index in [1.807, 2.05) is 19.1 Å². The Kier molecular flexibility index (Phi) is 4.44. The van der Waals surface area contributed by atoms with Crippen LogP contribution in [0.1, 0.15) is 22.8 Å². The summed E-state index contributed by atoms with van der Waals surface area (Å²) in [5.41, 5.74) is 2.30. The van der Waals surface area contributed by atoms with Crippen LogP contribution in [0.2, 0.25) is 0 Å². The summed E-state index contributed by atoms with van der Waals surface area (Å²) >= 11 is 0. The molecule has 0 aromatic carbocycles. The van der Waals surface area contributed by atoms with Crippen molar-refractivity contribution in [1.29, 1.82) is 0 Å². The molecular formula is C14H16N4O. The molecule has 0 aliphatic rings. The molecule has 0 aliphatic heterocycles. The van der Waals surface area contributed by atoms with Crippen molar-refractivity contribution in [3.63, 3.8) is 0 Å². The van der Waals surface area contributed by atoms with Crippen LogP contribution >= 0.6 is 0 Å². The molecule has 0 radical (unpaired) electrons. The number of nitrogens with zero attached hydrogens (tertiary/aromatic N) is 2. The van der Waals surface area contributed by atoms with E-state index in [0.717, 1.165) is 17.8 Å². The van der Waals surface area contributed by atoms with E-state index in [2.05, 4.69) is 20.6 Å². The first-order valence-electron chi connectivity index (χ1n) is 6.16. The van der Waals surface area contributed by atoms with Gasteiger partial charge in [0.25, 0.3) is 5.91 Å². The van der Waals surface area contributed by atoms with Crippen LogP contribution in [0.4, 0.5) is 5.69 Å². The molecule has 2 aromatic rings. The zero-order valence-corrected chi connectivity index (χ0v) is 10.8. The highest BCUT2D eigenvalue weighted by atomic mass is 16.1.